The van der Waals surface area contributed by atoms with E-state index in [1.54, 1.807) is 24.3 Å². The molecule has 0 aromatic heterocycles. The van der Waals surface area contributed by atoms with Crippen LogP contribution in [0.4, 0.5) is 11.4 Å². The maximum Gasteiger partial charge on any atom is 0.261 e. The van der Waals surface area contributed by atoms with E-state index in [0.717, 1.165) is 16.7 Å². The Morgan fingerprint density at radius 2 is 1.17 bits per heavy atom. The first-order valence-corrected chi connectivity index (χ1v) is 11.8. The predicted molar refractivity (Wildman–Crippen MR) is 115 cm³/mol. The molecule has 0 heterocycles. The molecule has 0 fully saturated rings. The van der Waals surface area contributed by atoms with Crippen molar-refractivity contribution in [1.82, 2.24) is 0 Å². The van der Waals surface area contributed by atoms with Gasteiger partial charge in [-0.3, -0.25) is 9.44 Å². The van der Waals surface area contributed by atoms with Gasteiger partial charge in [0.1, 0.15) is 0 Å². The number of sulfonamides is 2. The topological polar surface area (TPSA) is 92.3 Å². The SMILES string of the molecule is Cc1ccc(S(=O)(=O)Nc2ccc(S(=O)(=O)Nc3ccccc3C)cc2)cc1C. The van der Waals surface area contributed by atoms with Gasteiger partial charge in [0.05, 0.1) is 15.5 Å². The first kappa shape index (κ1) is 20.9. The number of rotatable bonds is 6. The monoisotopic (exact) mass is 430 g/mol. The summed E-state index contributed by atoms with van der Waals surface area (Å²) in [6.07, 6.45) is 0. The summed E-state index contributed by atoms with van der Waals surface area (Å²) in [6.45, 7) is 5.56. The Kier molecular flexibility index (Phi) is 5.68. The van der Waals surface area contributed by atoms with Crippen LogP contribution in [0.2, 0.25) is 0 Å². The Labute approximate surface area is 171 Å². The Hall–Kier alpha value is -2.84. The summed E-state index contributed by atoms with van der Waals surface area (Å²) in [5.41, 5.74) is 3.44. The smallest absolute Gasteiger partial charge is 0.261 e. The van der Waals surface area contributed by atoms with Gasteiger partial charge in [-0.25, -0.2) is 16.8 Å². The molecule has 29 heavy (non-hydrogen) atoms. The third-order valence-corrected chi connectivity index (χ3v) is 7.36. The minimum absolute atomic E-state index is 0.0369. The van der Waals surface area contributed by atoms with Crippen molar-refractivity contribution in [1.29, 1.82) is 0 Å². The number of benzene rings is 3. The van der Waals surface area contributed by atoms with Crippen molar-refractivity contribution in [2.24, 2.45) is 0 Å². The molecule has 0 bridgehead atoms. The molecular formula is C21H22N2O4S2. The summed E-state index contributed by atoms with van der Waals surface area (Å²) in [5, 5.41) is 0. The molecule has 0 atom stereocenters. The summed E-state index contributed by atoms with van der Waals surface area (Å²) in [6, 6.07) is 17.5. The normalized spacial score (nSPS) is 11.8. The Balaban J connectivity index is 1.81. The number of aryl methyl sites for hydroxylation is 3. The van der Waals surface area contributed by atoms with Gasteiger partial charge in [0.25, 0.3) is 20.0 Å². The van der Waals surface area contributed by atoms with Gasteiger partial charge in [0.15, 0.2) is 0 Å². The maximum absolute atomic E-state index is 12.6. The molecule has 0 saturated carbocycles. The maximum atomic E-state index is 12.6. The van der Waals surface area contributed by atoms with E-state index >= 15 is 0 Å². The van der Waals surface area contributed by atoms with Crippen LogP contribution in [-0.4, -0.2) is 16.8 Å². The van der Waals surface area contributed by atoms with E-state index in [1.165, 1.54) is 30.3 Å². The molecule has 152 valence electrons. The predicted octanol–water partition coefficient (Wildman–Crippen LogP) is 4.21. The van der Waals surface area contributed by atoms with Gasteiger partial charge in [0.2, 0.25) is 0 Å². The first-order valence-electron chi connectivity index (χ1n) is 8.87. The summed E-state index contributed by atoms with van der Waals surface area (Å²) >= 11 is 0. The highest BCUT2D eigenvalue weighted by Crippen LogP contribution is 2.23. The Morgan fingerprint density at radius 3 is 1.79 bits per heavy atom. The van der Waals surface area contributed by atoms with E-state index in [4.69, 9.17) is 0 Å². The standard InChI is InChI=1S/C21H22N2O4S2/c1-15-8-11-20(14-17(15)3)29(26,27)22-18-9-12-19(13-10-18)28(24,25)23-21-7-5-4-6-16(21)2/h4-14,22-23H,1-3H3. The molecule has 0 aliphatic carbocycles. The number of para-hydroxylation sites is 1. The van der Waals surface area contributed by atoms with Crippen LogP contribution in [0.3, 0.4) is 0 Å². The molecule has 0 amide bonds. The van der Waals surface area contributed by atoms with Crippen molar-refractivity contribution in [3.8, 4) is 0 Å². The molecule has 8 heteroatoms. The van der Waals surface area contributed by atoms with E-state index in [9.17, 15) is 16.8 Å². The zero-order valence-corrected chi connectivity index (χ0v) is 17.9. The average molecular weight is 431 g/mol. The molecule has 3 aromatic carbocycles. The molecule has 6 nitrogen and oxygen atoms in total. The van der Waals surface area contributed by atoms with Crippen LogP contribution in [0.15, 0.2) is 76.5 Å². The van der Waals surface area contributed by atoms with Gasteiger partial charge >= 0.3 is 0 Å². The second kappa shape index (κ2) is 7.88. The van der Waals surface area contributed by atoms with Crippen LogP contribution in [0.5, 0.6) is 0 Å². The number of hydrogen-bond acceptors (Lipinski definition) is 4. The molecule has 0 radical (unpaired) electrons. The van der Waals surface area contributed by atoms with E-state index < -0.39 is 20.0 Å². The summed E-state index contributed by atoms with van der Waals surface area (Å²) in [5.74, 6) is 0. The summed E-state index contributed by atoms with van der Waals surface area (Å²) in [7, 11) is -7.56. The fraction of sp³-hybridized carbons (Fsp3) is 0.143. The summed E-state index contributed by atoms with van der Waals surface area (Å²) in [4.78, 5) is 0.188. The van der Waals surface area contributed by atoms with Gasteiger partial charge in [0, 0.05) is 5.69 Å². The second-order valence-corrected chi connectivity index (χ2v) is 10.2. The molecule has 0 aliphatic rings. The molecule has 3 aromatic rings. The average Bonchev–Trinajstić information content (AvgIpc) is 2.66. The lowest BCUT2D eigenvalue weighted by Gasteiger charge is -2.12. The van der Waals surface area contributed by atoms with Crippen LogP contribution in [0.25, 0.3) is 0 Å². The Morgan fingerprint density at radius 1 is 0.586 bits per heavy atom. The van der Waals surface area contributed by atoms with Crippen molar-refractivity contribution in [2.75, 3.05) is 9.44 Å². The number of nitrogens with one attached hydrogen (secondary N) is 2. The van der Waals surface area contributed by atoms with Gasteiger partial charge in [-0.1, -0.05) is 24.3 Å². The van der Waals surface area contributed by atoms with Crippen LogP contribution >= 0.6 is 0 Å². The van der Waals surface area contributed by atoms with Crippen molar-refractivity contribution in [2.45, 2.75) is 30.6 Å². The number of anilines is 2. The largest absolute Gasteiger partial charge is 0.280 e. The zero-order chi connectivity index (χ0) is 21.2. The summed E-state index contributed by atoms with van der Waals surface area (Å²) < 4.78 is 55.4. The van der Waals surface area contributed by atoms with Crippen molar-refractivity contribution < 1.29 is 16.8 Å². The van der Waals surface area contributed by atoms with Crippen LogP contribution < -0.4 is 9.44 Å². The van der Waals surface area contributed by atoms with Crippen molar-refractivity contribution in [3.05, 3.63) is 83.4 Å². The third-order valence-electron chi connectivity index (χ3n) is 4.59. The van der Waals surface area contributed by atoms with E-state index in [1.807, 2.05) is 32.9 Å². The Bertz CT molecular complexity index is 1250. The lowest BCUT2D eigenvalue weighted by Crippen LogP contribution is -2.15. The minimum atomic E-state index is -3.79. The minimum Gasteiger partial charge on any atom is -0.280 e. The van der Waals surface area contributed by atoms with Gasteiger partial charge in [-0.05, 0) is 79.9 Å². The van der Waals surface area contributed by atoms with Crippen LogP contribution in [-0.2, 0) is 20.0 Å². The second-order valence-electron chi connectivity index (χ2n) is 6.80. The van der Waals surface area contributed by atoms with Crippen LogP contribution in [0.1, 0.15) is 16.7 Å². The molecular weight excluding hydrogens is 408 g/mol. The fourth-order valence-electron chi connectivity index (χ4n) is 2.69. The third kappa shape index (κ3) is 4.78. The van der Waals surface area contributed by atoms with Gasteiger partial charge in [-0.15, -0.1) is 0 Å². The van der Waals surface area contributed by atoms with Crippen LogP contribution in [0, 0.1) is 20.8 Å². The highest BCUT2D eigenvalue weighted by Gasteiger charge is 2.17. The quantitative estimate of drug-likeness (QED) is 0.613. The van der Waals surface area contributed by atoms with E-state index in [0.29, 0.717) is 5.69 Å². The lowest BCUT2D eigenvalue weighted by atomic mass is 10.1. The van der Waals surface area contributed by atoms with E-state index in [2.05, 4.69) is 9.44 Å². The molecule has 0 aliphatic heterocycles. The lowest BCUT2D eigenvalue weighted by molar-refractivity contribution is 0.600. The zero-order valence-electron chi connectivity index (χ0n) is 16.3. The number of hydrogen-bond donors (Lipinski definition) is 2. The van der Waals surface area contributed by atoms with Crippen molar-refractivity contribution in [3.63, 3.8) is 0 Å². The molecule has 2 N–H and O–H groups in total. The van der Waals surface area contributed by atoms with Gasteiger partial charge in [-0.2, -0.15) is 0 Å². The van der Waals surface area contributed by atoms with E-state index in [-0.39, 0.29) is 15.5 Å². The fourth-order valence-corrected chi connectivity index (χ4v) is 4.96. The first-order chi connectivity index (χ1) is 13.6. The van der Waals surface area contributed by atoms with Crippen molar-refractivity contribution >= 4 is 31.4 Å². The molecule has 0 unspecified atom stereocenters. The highest BCUT2D eigenvalue weighted by molar-refractivity contribution is 7.93. The highest BCUT2D eigenvalue weighted by atomic mass is 32.2. The molecule has 3 rings (SSSR count). The molecule has 0 saturated heterocycles. The molecule has 0 spiro atoms. The van der Waals surface area contributed by atoms with Gasteiger partial charge < -0.3 is 0 Å².